The zero-order valence-electron chi connectivity index (χ0n) is 15.6. The first-order chi connectivity index (χ1) is 12.4. The molecule has 1 atom stereocenters. The van der Waals surface area contributed by atoms with E-state index < -0.39 is 12.1 Å². The van der Waals surface area contributed by atoms with E-state index in [1.165, 1.54) is 0 Å². The highest BCUT2D eigenvalue weighted by Gasteiger charge is 2.18. The van der Waals surface area contributed by atoms with Gasteiger partial charge in [0.2, 0.25) is 0 Å². The van der Waals surface area contributed by atoms with Crippen molar-refractivity contribution in [2.45, 2.75) is 39.7 Å². The number of ether oxygens (including phenoxy) is 2. The Bertz CT molecular complexity index is 756. The highest BCUT2D eigenvalue weighted by atomic mass is 16.6. The Morgan fingerprint density at radius 1 is 1.00 bits per heavy atom. The van der Waals surface area contributed by atoms with E-state index in [-0.39, 0.29) is 18.4 Å². The first-order valence-corrected chi connectivity index (χ1v) is 8.66. The summed E-state index contributed by atoms with van der Waals surface area (Å²) in [6.07, 6.45) is -0.796. The van der Waals surface area contributed by atoms with Gasteiger partial charge in [0.25, 0.3) is 5.91 Å². The summed E-state index contributed by atoms with van der Waals surface area (Å²) >= 11 is 0. The lowest BCUT2D eigenvalue weighted by Gasteiger charge is -2.17. The van der Waals surface area contributed by atoms with Crippen LogP contribution in [-0.4, -0.2) is 24.6 Å². The molecule has 5 nitrogen and oxygen atoms in total. The van der Waals surface area contributed by atoms with Crippen molar-refractivity contribution in [3.63, 3.8) is 0 Å². The van der Waals surface area contributed by atoms with Gasteiger partial charge in [-0.15, -0.1) is 0 Å². The lowest BCUT2D eigenvalue weighted by molar-refractivity contribution is -0.153. The van der Waals surface area contributed by atoms with Gasteiger partial charge in [-0.1, -0.05) is 50.2 Å². The van der Waals surface area contributed by atoms with Gasteiger partial charge in [0.05, 0.1) is 0 Å². The van der Waals surface area contributed by atoms with Crippen LogP contribution in [0.4, 0.5) is 5.69 Å². The second-order valence-electron chi connectivity index (χ2n) is 6.42. The monoisotopic (exact) mass is 355 g/mol. The van der Waals surface area contributed by atoms with E-state index in [4.69, 9.17) is 9.47 Å². The molecule has 0 heterocycles. The van der Waals surface area contributed by atoms with E-state index in [0.29, 0.717) is 5.75 Å². The van der Waals surface area contributed by atoms with E-state index >= 15 is 0 Å². The summed E-state index contributed by atoms with van der Waals surface area (Å²) in [6, 6.07) is 14.9. The van der Waals surface area contributed by atoms with E-state index in [0.717, 1.165) is 16.8 Å². The van der Waals surface area contributed by atoms with Gasteiger partial charge >= 0.3 is 5.97 Å². The van der Waals surface area contributed by atoms with Crippen LogP contribution in [0.3, 0.4) is 0 Å². The van der Waals surface area contributed by atoms with Crippen LogP contribution >= 0.6 is 0 Å². The second-order valence-corrected chi connectivity index (χ2v) is 6.42. The molecule has 1 N–H and O–H groups in total. The molecule has 0 saturated carbocycles. The minimum Gasteiger partial charge on any atom is -0.479 e. The fourth-order valence-corrected chi connectivity index (χ4v) is 2.52. The number of esters is 1. The van der Waals surface area contributed by atoms with Gasteiger partial charge in [-0.2, -0.15) is 0 Å². The van der Waals surface area contributed by atoms with Crippen molar-refractivity contribution in [1.82, 2.24) is 0 Å². The lowest BCUT2D eigenvalue weighted by Crippen LogP contribution is -2.30. The van der Waals surface area contributed by atoms with E-state index in [9.17, 15) is 9.59 Å². The topological polar surface area (TPSA) is 64.6 Å². The molecule has 0 aliphatic carbocycles. The highest BCUT2D eigenvalue weighted by Crippen LogP contribution is 2.27. The molecule has 1 amide bonds. The molecular weight excluding hydrogens is 330 g/mol. The number of carbonyl (C=O) groups is 2. The maximum atomic E-state index is 12.2. The summed E-state index contributed by atoms with van der Waals surface area (Å²) in [6.45, 7) is 7.29. The average Bonchev–Trinajstić information content (AvgIpc) is 2.62. The molecular formula is C21H25NO4. The molecule has 0 aliphatic rings. The van der Waals surface area contributed by atoms with Gasteiger partial charge in [0, 0.05) is 5.69 Å². The van der Waals surface area contributed by atoms with Gasteiger partial charge in [0.15, 0.2) is 12.7 Å². The third kappa shape index (κ3) is 5.34. The van der Waals surface area contributed by atoms with Crippen LogP contribution in [0.5, 0.6) is 5.75 Å². The first-order valence-electron chi connectivity index (χ1n) is 8.66. The van der Waals surface area contributed by atoms with Gasteiger partial charge < -0.3 is 14.8 Å². The normalized spacial score (nSPS) is 11.7. The number of benzene rings is 2. The van der Waals surface area contributed by atoms with Gasteiger partial charge in [-0.05, 0) is 43.0 Å². The Kier molecular flexibility index (Phi) is 6.78. The number of anilines is 1. The summed E-state index contributed by atoms with van der Waals surface area (Å²) in [5, 5.41) is 2.85. The fourth-order valence-electron chi connectivity index (χ4n) is 2.52. The molecule has 2 aromatic carbocycles. The molecule has 0 unspecified atom stereocenters. The first kappa shape index (κ1) is 19.5. The fraction of sp³-hybridized carbons (Fsp3) is 0.333. The predicted molar refractivity (Wildman–Crippen MR) is 101 cm³/mol. The smallest absolute Gasteiger partial charge is 0.347 e. The molecule has 0 aliphatic heterocycles. The van der Waals surface area contributed by atoms with Crippen molar-refractivity contribution in [2.24, 2.45) is 0 Å². The third-order valence-corrected chi connectivity index (χ3v) is 3.92. The molecule has 0 spiro atoms. The molecule has 0 saturated heterocycles. The van der Waals surface area contributed by atoms with Crippen molar-refractivity contribution in [3.8, 4) is 5.75 Å². The molecule has 0 bridgehead atoms. The molecule has 0 fully saturated rings. The maximum Gasteiger partial charge on any atom is 0.347 e. The quantitative estimate of drug-likeness (QED) is 0.761. The zero-order chi connectivity index (χ0) is 19.1. The van der Waals surface area contributed by atoms with Crippen LogP contribution in [-0.2, 0) is 14.3 Å². The van der Waals surface area contributed by atoms with Crippen molar-refractivity contribution in [2.75, 3.05) is 11.9 Å². The number of nitrogens with one attached hydrogen (secondary N) is 1. The predicted octanol–water partition coefficient (Wildman–Crippen LogP) is 4.07. The minimum absolute atomic E-state index is 0.270. The Hall–Kier alpha value is -2.82. The van der Waals surface area contributed by atoms with Crippen LogP contribution in [0.2, 0.25) is 0 Å². The lowest BCUT2D eigenvalue weighted by atomic mass is 9.98. The Labute approximate surface area is 154 Å². The Morgan fingerprint density at radius 2 is 1.69 bits per heavy atom. The number of hydrogen-bond acceptors (Lipinski definition) is 4. The van der Waals surface area contributed by atoms with Crippen LogP contribution in [0.15, 0.2) is 48.5 Å². The van der Waals surface area contributed by atoms with Gasteiger partial charge in [-0.3, -0.25) is 4.79 Å². The number of hydrogen-bond donors (Lipinski definition) is 1. The third-order valence-electron chi connectivity index (χ3n) is 3.92. The van der Waals surface area contributed by atoms with Crippen molar-refractivity contribution < 1.29 is 19.1 Å². The minimum atomic E-state index is -0.796. The zero-order valence-corrected chi connectivity index (χ0v) is 15.6. The largest absolute Gasteiger partial charge is 0.479 e. The summed E-state index contributed by atoms with van der Waals surface area (Å²) in [7, 11) is 0. The molecule has 2 aromatic rings. The molecule has 0 aromatic heterocycles. The molecule has 26 heavy (non-hydrogen) atoms. The number of para-hydroxylation sites is 2. The average molecular weight is 355 g/mol. The number of amides is 1. The van der Waals surface area contributed by atoms with Crippen molar-refractivity contribution >= 4 is 17.6 Å². The maximum absolute atomic E-state index is 12.2. The highest BCUT2D eigenvalue weighted by molar-refractivity contribution is 5.94. The van der Waals surface area contributed by atoms with E-state index in [1.54, 1.807) is 19.1 Å². The molecule has 5 heteroatoms. The number of carbonyl (C=O) groups excluding carboxylic acids is 2. The number of rotatable bonds is 7. The van der Waals surface area contributed by atoms with Crippen LogP contribution in [0, 0.1) is 6.92 Å². The SMILES string of the molecule is Cc1cccc(C(C)C)c1NC(=O)COC(=O)[C@@H](C)Oc1ccccc1. The van der Waals surface area contributed by atoms with Crippen molar-refractivity contribution in [3.05, 3.63) is 59.7 Å². The van der Waals surface area contributed by atoms with Gasteiger partial charge in [-0.25, -0.2) is 4.79 Å². The van der Waals surface area contributed by atoms with Crippen LogP contribution in [0.1, 0.15) is 37.8 Å². The Morgan fingerprint density at radius 3 is 2.35 bits per heavy atom. The standard InChI is InChI=1S/C21H25NO4/c1-14(2)18-12-8-9-15(3)20(18)22-19(23)13-25-21(24)16(4)26-17-10-6-5-7-11-17/h5-12,14,16H,13H2,1-4H3,(H,22,23)/t16-/m1/s1. The van der Waals surface area contributed by atoms with Crippen LogP contribution in [0.25, 0.3) is 0 Å². The summed E-state index contributed by atoms with van der Waals surface area (Å²) in [4.78, 5) is 24.2. The number of aryl methyl sites for hydroxylation is 1. The van der Waals surface area contributed by atoms with E-state index in [2.05, 4.69) is 19.2 Å². The second kappa shape index (κ2) is 9.04. The molecule has 0 radical (unpaired) electrons. The van der Waals surface area contributed by atoms with Crippen molar-refractivity contribution in [1.29, 1.82) is 0 Å². The van der Waals surface area contributed by atoms with E-state index in [1.807, 2.05) is 43.3 Å². The van der Waals surface area contributed by atoms with Crippen LogP contribution < -0.4 is 10.1 Å². The summed E-state index contributed by atoms with van der Waals surface area (Å²) in [5.41, 5.74) is 2.79. The molecule has 2 rings (SSSR count). The summed E-state index contributed by atoms with van der Waals surface area (Å²) < 4.78 is 10.6. The Balaban J connectivity index is 1.90. The molecule has 138 valence electrons. The van der Waals surface area contributed by atoms with Gasteiger partial charge in [0.1, 0.15) is 5.75 Å². The summed E-state index contributed by atoms with van der Waals surface area (Å²) in [5.74, 6) is -0.116.